The molecule has 0 heterocycles. The van der Waals surface area contributed by atoms with Crippen LogP contribution in [0.25, 0.3) is 0 Å². The molecule has 0 atom stereocenters. The van der Waals surface area contributed by atoms with E-state index < -0.39 is 23.3 Å². The maximum Gasteiger partial charge on any atom is 0.416 e. The van der Waals surface area contributed by atoms with Crippen molar-refractivity contribution in [2.75, 3.05) is 0 Å². The smallest absolute Gasteiger partial charge is 0.289 e. The Morgan fingerprint density at radius 1 is 0.950 bits per heavy atom. The van der Waals surface area contributed by atoms with Crippen molar-refractivity contribution in [3.63, 3.8) is 0 Å². The number of aryl methyl sites for hydroxylation is 1. The van der Waals surface area contributed by atoms with Crippen molar-refractivity contribution in [1.82, 2.24) is 0 Å². The number of halogens is 4. The first kappa shape index (κ1) is 14.2. The van der Waals surface area contributed by atoms with Gasteiger partial charge in [-0.15, -0.1) is 0 Å². The molecule has 0 spiro atoms. The second-order valence-corrected chi connectivity index (χ2v) is 4.42. The fourth-order valence-electron chi connectivity index (χ4n) is 1.84. The van der Waals surface area contributed by atoms with Crippen molar-refractivity contribution < 1.29 is 22.4 Å². The van der Waals surface area contributed by atoms with Crippen LogP contribution >= 0.6 is 0 Å². The van der Waals surface area contributed by atoms with Crippen molar-refractivity contribution in [2.24, 2.45) is 0 Å². The normalized spacial score (nSPS) is 11.4. The van der Waals surface area contributed by atoms with Gasteiger partial charge in [0.15, 0.2) is 5.78 Å². The van der Waals surface area contributed by atoms with Gasteiger partial charge in [0.2, 0.25) is 0 Å². The summed E-state index contributed by atoms with van der Waals surface area (Å²) in [4.78, 5) is 12.1. The highest BCUT2D eigenvalue weighted by Gasteiger charge is 2.30. The molecule has 1 nitrogen and oxygen atoms in total. The van der Waals surface area contributed by atoms with Crippen LogP contribution in [0, 0.1) is 12.7 Å². The minimum absolute atomic E-state index is 0.0861. The van der Waals surface area contributed by atoms with Crippen molar-refractivity contribution in [3.05, 3.63) is 70.5 Å². The highest BCUT2D eigenvalue weighted by Crippen LogP contribution is 2.29. The minimum atomic E-state index is -4.45. The van der Waals surface area contributed by atoms with E-state index in [0.29, 0.717) is 5.56 Å². The molecule has 0 aliphatic heterocycles. The van der Waals surface area contributed by atoms with Gasteiger partial charge < -0.3 is 0 Å². The quantitative estimate of drug-likeness (QED) is 0.590. The van der Waals surface area contributed by atoms with E-state index in [1.165, 1.54) is 12.1 Å². The molecule has 0 bridgehead atoms. The summed E-state index contributed by atoms with van der Waals surface area (Å²) in [7, 11) is 0. The molecule has 0 aromatic heterocycles. The van der Waals surface area contributed by atoms with Crippen LogP contribution in [0.3, 0.4) is 0 Å². The average Bonchev–Trinajstić information content (AvgIpc) is 2.36. The Labute approximate surface area is 112 Å². The maximum absolute atomic E-state index is 13.2. The summed E-state index contributed by atoms with van der Waals surface area (Å²) < 4.78 is 50.5. The summed E-state index contributed by atoms with van der Waals surface area (Å²) in [6, 6.07) is 7.66. The zero-order valence-electron chi connectivity index (χ0n) is 10.5. The molecule has 0 saturated heterocycles. The van der Waals surface area contributed by atoms with Crippen LogP contribution in [0.5, 0.6) is 0 Å². The molecule has 2 aromatic rings. The Morgan fingerprint density at radius 3 is 2.05 bits per heavy atom. The summed E-state index contributed by atoms with van der Waals surface area (Å²) in [5.41, 5.74) is -0.0602. The number of hydrogen-bond donors (Lipinski definition) is 0. The minimum Gasteiger partial charge on any atom is -0.289 e. The Bertz CT molecular complexity index is 622. The molecule has 2 aromatic carbocycles. The van der Waals surface area contributed by atoms with Crippen LogP contribution in [0.4, 0.5) is 17.6 Å². The van der Waals surface area contributed by atoms with E-state index in [1.807, 2.05) is 0 Å². The van der Waals surface area contributed by atoms with Crippen LogP contribution in [0.2, 0.25) is 0 Å². The molecule has 2 rings (SSSR count). The summed E-state index contributed by atoms with van der Waals surface area (Å²) in [5.74, 6) is -1.07. The molecule has 0 aliphatic rings. The average molecular weight is 282 g/mol. The zero-order valence-corrected chi connectivity index (χ0v) is 10.5. The molecular weight excluding hydrogens is 272 g/mol. The number of alkyl halides is 3. The maximum atomic E-state index is 13.2. The van der Waals surface area contributed by atoms with E-state index in [9.17, 15) is 22.4 Å². The van der Waals surface area contributed by atoms with Gasteiger partial charge in [0.1, 0.15) is 5.82 Å². The molecule has 0 N–H and O–H groups in total. The molecular formula is C15H10F4O. The van der Waals surface area contributed by atoms with Crippen molar-refractivity contribution in [2.45, 2.75) is 13.1 Å². The summed E-state index contributed by atoms with van der Waals surface area (Å²) in [6.45, 7) is 1.63. The highest BCUT2D eigenvalue weighted by atomic mass is 19.4. The fourth-order valence-corrected chi connectivity index (χ4v) is 1.84. The number of carbonyl (C=O) groups excluding carboxylic acids is 1. The first-order chi connectivity index (χ1) is 9.27. The Kier molecular flexibility index (Phi) is 3.61. The predicted octanol–water partition coefficient (Wildman–Crippen LogP) is 4.38. The first-order valence-corrected chi connectivity index (χ1v) is 5.76. The van der Waals surface area contributed by atoms with Gasteiger partial charge in [-0.1, -0.05) is 12.1 Å². The molecule has 0 radical (unpaired) electrons. The summed E-state index contributed by atoms with van der Waals surface area (Å²) in [6.07, 6.45) is -4.45. The third-order valence-corrected chi connectivity index (χ3v) is 2.78. The molecule has 104 valence electrons. The van der Waals surface area contributed by atoms with E-state index in [2.05, 4.69) is 0 Å². The molecule has 0 amide bonds. The molecule has 0 aliphatic carbocycles. The summed E-state index contributed by atoms with van der Waals surface area (Å²) in [5, 5.41) is 0. The molecule has 0 unspecified atom stereocenters. The second kappa shape index (κ2) is 5.07. The van der Waals surface area contributed by atoms with Crippen LogP contribution in [-0.2, 0) is 6.18 Å². The first-order valence-electron chi connectivity index (χ1n) is 5.76. The zero-order chi connectivity index (χ0) is 14.9. The van der Waals surface area contributed by atoms with Gasteiger partial charge >= 0.3 is 6.18 Å². The van der Waals surface area contributed by atoms with Crippen LogP contribution in [0.1, 0.15) is 27.0 Å². The van der Waals surface area contributed by atoms with E-state index >= 15 is 0 Å². The number of carbonyl (C=O) groups is 1. The lowest BCUT2D eigenvalue weighted by Crippen LogP contribution is -2.07. The molecule has 0 fully saturated rings. The third kappa shape index (κ3) is 3.04. The van der Waals surface area contributed by atoms with E-state index in [-0.39, 0.29) is 11.1 Å². The Balaban J connectivity index is 2.34. The van der Waals surface area contributed by atoms with Gasteiger partial charge in [0.05, 0.1) is 5.56 Å². The van der Waals surface area contributed by atoms with E-state index in [4.69, 9.17) is 0 Å². The number of hydrogen-bond acceptors (Lipinski definition) is 1. The lowest BCUT2D eigenvalue weighted by molar-refractivity contribution is -0.137. The second-order valence-electron chi connectivity index (χ2n) is 4.42. The standard InChI is InChI=1S/C15H10F4O/c1-9-6-11(8-13(16)7-9)14(20)10-2-4-12(5-3-10)15(17,18)19/h2-8H,1H3. The van der Waals surface area contributed by atoms with Crippen LogP contribution < -0.4 is 0 Å². The van der Waals surface area contributed by atoms with Crippen molar-refractivity contribution in [1.29, 1.82) is 0 Å². The Hall–Kier alpha value is -2.17. The van der Waals surface area contributed by atoms with E-state index in [0.717, 1.165) is 30.3 Å². The van der Waals surface area contributed by atoms with Gasteiger partial charge in [0.25, 0.3) is 0 Å². The lowest BCUT2D eigenvalue weighted by Gasteiger charge is -2.07. The van der Waals surface area contributed by atoms with Gasteiger partial charge in [-0.25, -0.2) is 4.39 Å². The van der Waals surface area contributed by atoms with Gasteiger partial charge in [0, 0.05) is 11.1 Å². The van der Waals surface area contributed by atoms with Gasteiger partial charge in [-0.05, 0) is 42.8 Å². The SMILES string of the molecule is Cc1cc(F)cc(C(=O)c2ccc(C(F)(F)F)cc2)c1. The van der Waals surface area contributed by atoms with Gasteiger partial charge in [-0.2, -0.15) is 13.2 Å². The topological polar surface area (TPSA) is 17.1 Å². The summed E-state index contributed by atoms with van der Waals surface area (Å²) >= 11 is 0. The number of benzene rings is 2. The number of rotatable bonds is 2. The van der Waals surface area contributed by atoms with Crippen LogP contribution in [0.15, 0.2) is 42.5 Å². The van der Waals surface area contributed by atoms with Crippen molar-refractivity contribution >= 4 is 5.78 Å². The highest BCUT2D eigenvalue weighted by molar-refractivity contribution is 6.09. The molecule has 5 heteroatoms. The fraction of sp³-hybridized carbons (Fsp3) is 0.133. The lowest BCUT2D eigenvalue weighted by atomic mass is 10.0. The van der Waals surface area contributed by atoms with Crippen LogP contribution in [-0.4, -0.2) is 5.78 Å². The molecule has 20 heavy (non-hydrogen) atoms. The number of ketones is 1. The largest absolute Gasteiger partial charge is 0.416 e. The van der Waals surface area contributed by atoms with E-state index in [1.54, 1.807) is 6.92 Å². The van der Waals surface area contributed by atoms with Crippen molar-refractivity contribution in [3.8, 4) is 0 Å². The van der Waals surface area contributed by atoms with Gasteiger partial charge in [-0.3, -0.25) is 4.79 Å². The molecule has 0 saturated carbocycles. The predicted molar refractivity (Wildman–Crippen MR) is 66.0 cm³/mol. The Morgan fingerprint density at radius 2 is 1.55 bits per heavy atom. The third-order valence-electron chi connectivity index (χ3n) is 2.78. The monoisotopic (exact) mass is 282 g/mol.